The maximum atomic E-state index is 6.70. The zero-order valence-corrected chi connectivity index (χ0v) is 28.5. The molecule has 0 unspecified atom stereocenters. The molecule has 248 valence electrons. The van der Waals surface area contributed by atoms with Crippen LogP contribution in [0.15, 0.2) is 200 Å². The largest absolute Gasteiger partial charge is 0.383 e. The van der Waals surface area contributed by atoms with E-state index in [0.717, 1.165) is 68.9 Å². The second kappa shape index (κ2) is 15.7. The maximum absolute atomic E-state index is 6.70. The molecule has 0 bridgehead atoms. The lowest BCUT2D eigenvalue weighted by Gasteiger charge is -2.17. The Bertz CT molecular complexity index is 2360. The second-order valence-corrected chi connectivity index (χ2v) is 12.3. The third-order valence-corrected chi connectivity index (χ3v) is 8.82. The molecule has 7 aromatic rings. The first-order chi connectivity index (χ1) is 25.2. The summed E-state index contributed by atoms with van der Waals surface area (Å²) in [4.78, 5) is 5.09. The molecule has 0 fully saturated rings. The quantitative estimate of drug-likeness (QED) is 0.0593. The highest BCUT2D eigenvalue weighted by Crippen LogP contribution is 2.36. The molecular formula is C47H40N4. The summed E-state index contributed by atoms with van der Waals surface area (Å²) in [6.45, 7) is 3.75. The van der Waals surface area contributed by atoms with Gasteiger partial charge in [0.1, 0.15) is 5.84 Å². The summed E-state index contributed by atoms with van der Waals surface area (Å²) in [5.41, 5.74) is 16.9. The summed E-state index contributed by atoms with van der Waals surface area (Å²) in [6, 6.07) is 52.7. The highest BCUT2D eigenvalue weighted by molar-refractivity contribution is 6.09. The van der Waals surface area contributed by atoms with Crippen molar-refractivity contribution >= 4 is 44.7 Å². The molecule has 51 heavy (non-hydrogen) atoms. The van der Waals surface area contributed by atoms with Crippen molar-refractivity contribution in [3.63, 3.8) is 0 Å². The Hall–Kier alpha value is -6.65. The minimum atomic E-state index is 0.470. The normalized spacial score (nSPS) is 12.3. The number of aliphatic imine (C=N–C) groups is 1. The van der Waals surface area contributed by atoms with Crippen LogP contribution in [0.4, 0.5) is 11.4 Å². The summed E-state index contributed by atoms with van der Waals surface area (Å²) < 4.78 is 2.35. The van der Waals surface area contributed by atoms with Gasteiger partial charge in [-0.2, -0.15) is 0 Å². The maximum Gasteiger partial charge on any atom is 0.131 e. The van der Waals surface area contributed by atoms with Gasteiger partial charge in [-0.1, -0.05) is 158 Å². The van der Waals surface area contributed by atoms with E-state index in [4.69, 9.17) is 10.7 Å². The van der Waals surface area contributed by atoms with Crippen LogP contribution in [0.2, 0.25) is 0 Å². The van der Waals surface area contributed by atoms with Crippen molar-refractivity contribution < 1.29 is 0 Å². The van der Waals surface area contributed by atoms with E-state index >= 15 is 0 Å². The first-order valence-electron chi connectivity index (χ1n) is 17.3. The molecule has 0 radical (unpaired) electrons. The molecule has 0 atom stereocenters. The van der Waals surface area contributed by atoms with Crippen molar-refractivity contribution in [2.24, 2.45) is 10.7 Å². The summed E-state index contributed by atoms with van der Waals surface area (Å²) in [6.07, 6.45) is 13.7. The summed E-state index contributed by atoms with van der Waals surface area (Å²) in [5.74, 6) is 0.470. The number of hydrogen-bond donors (Lipinski definition) is 2. The minimum absolute atomic E-state index is 0.470. The number of amidine groups is 1. The third kappa shape index (κ3) is 7.51. The number of nitrogens with one attached hydrogen (secondary N) is 1. The van der Waals surface area contributed by atoms with Gasteiger partial charge in [-0.15, -0.1) is 0 Å². The number of allylic oxidation sites excluding steroid dienone is 6. The molecule has 0 saturated heterocycles. The molecule has 0 saturated carbocycles. The van der Waals surface area contributed by atoms with E-state index < -0.39 is 0 Å². The van der Waals surface area contributed by atoms with Crippen LogP contribution in [0.25, 0.3) is 44.3 Å². The van der Waals surface area contributed by atoms with E-state index in [1.54, 1.807) is 6.08 Å². The Morgan fingerprint density at radius 2 is 1.29 bits per heavy atom. The molecule has 3 N–H and O–H groups in total. The zero-order valence-electron chi connectivity index (χ0n) is 28.5. The van der Waals surface area contributed by atoms with Crippen molar-refractivity contribution in [2.45, 2.75) is 12.8 Å². The molecule has 6 aromatic carbocycles. The van der Waals surface area contributed by atoms with Gasteiger partial charge in [-0.05, 0) is 54.8 Å². The summed E-state index contributed by atoms with van der Waals surface area (Å²) >= 11 is 0. The molecule has 0 aliphatic heterocycles. The Balaban J connectivity index is 1.41. The van der Waals surface area contributed by atoms with Gasteiger partial charge in [0.15, 0.2) is 0 Å². The number of anilines is 2. The van der Waals surface area contributed by atoms with E-state index in [9.17, 15) is 0 Å². The van der Waals surface area contributed by atoms with Gasteiger partial charge in [0.2, 0.25) is 0 Å². The topological polar surface area (TPSA) is 55.3 Å². The van der Waals surface area contributed by atoms with E-state index in [1.807, 2.05) is 54.6 Å². The summed E-state index contributed by atoms with van der Waals surface area (Å²) in [5, 5.41) is 6.22. The number of nitrogens with two attached hydrogens (primary N) is 1. The number of unbranched alkanes of at least 4 members (excludes halogenated alkanes) is 1. The molecule has 7 rings (SSSR count). The fourth-order valence-electron chi connectivity index (χ4n) is 6.44. The van der Waals surface area contributed by atoms with Gasteiger partial charge in [-0.25, -0.2) is 4.99 Å². The molecule has 4 nitrogen and oxygen atoms in total. The molecule has 0 aliphatic carbocycles. The fraction of sp³-hybridized carbons (Fsp3) is 0.0426. The Kier molecular flexibility index (Phi) is 10.1. The lowest BCUT2D eigenvalue weighted by Crippen LogP contribution is -2.13. The van der Waals surface area contributed by atoms with Crippen LogP contribution in [0.3, 0.4) is 0 Å². The van der Waals surface area contributed by atoms with Crippen LogP contribution in [0.5, 0.6) is 0 Å². The monoisotopic (exact) mass is 660 g/mol. The third-order valence-electron chi connectivity index (χ3n) is 8.82. The lowest BCUT2D eigenvalue weighted by atomic mass is 10.0. The van der Waals surface area contributed by atoms with Crippen LogP contribution in [0, 0.1) is 0 Å². The van der Waals surface area contributed by atoms with Crippen LogP contribution in [0.1, 0.15) is 24.0 Å². The van der Waals surface area contributed by atoms with Gasteiger partial charge in [0.05, 0.1) is 16.7 Å². The molecule has 4 heteroatoms. The van der Waals surface area contributed by atoms with Crippen molar-refractivity contribution in [2.75, 3.05) is 5.32 Å². The van der Waals surface area contributed by atoms with Crippen LogP contribution >= 0.6 is 0 Å². The summed E-state index contributed by atoms with van der Waals surface area (Å²) in [7, 11) is 0. The number of nitrogens with zero attached hydrogens (tertiary/aromatic N) is 2. The lowest BCUT2D eigenvalue weighted by molar-refractivity contribution is 1.05. The second-order valence-electron chi connectivity index (χ2n) is 12.3. The van der Waals surface area contributed by atoms with Crippen molar-refractivity contribution in [3.05, 3.63) is 206 Å². The Labute approximate surface area is 299 Å². The number of aromatic nitrogens is 1. The first kappa shape index (κ1) is 32.9. The predicted octanol–water partition coefficient (Wildman–Crippen LogP) is 12.0. The SMILES string of the molecule is C=C/C=C\C=C/CC/C=C(\N=C(N)c1ccccc1)c1cc(Nc2ccccc2-c2ccccc2)cc(-n2c3ccccc3c3ccccc32)c1. The van der Waals surface area contributed by atoms with E-state index in [2.05, 4.69) is 144 Å². The average Bonchev–Trinajstić information content (AvgIpc) is 3.52. The van der Waals surface area contributed by atoms with Gasteiger partial charge in [0.25, 0.3) is 0 Å². The number of hydrogen-bond acceptors (Lipinski definition) is 2. The predicted molar refractivity (Wildman–Crippen MR) is 219 cm³/mol. The molecular weight excluding hydrogens is 621 g/mol. The number of fused-ring (bicyclic) bond motifs is 3. The highest BCUT2D eigenvalue weighted by Gasteiger charge is 2.15. The molecule has 0 aliphatic rings. The number of para-hydroxylation sites is 3. The molecule has 0 amide bonds. The number of benzene rings is 6. The van der Waals surface area contributed by atoms with Gasteiger partial charge >= 0.3 is 0 Å². The standard InChI is InChI=1S/C47H40N4/c1-2-3-4-5-6-7-14-28-43(50-47(48)36-23-12-9-13-24-36)37-32-38(49-44-29-18-15-25-40(44)35-21-10-8-11-22-35)34-39(33-37)51-45-30-19-16-26-41(45)42-27-17-20-31-46(42)51/h2-6,8-13,15-34,49H,1,7,14H2,(H2,48,50)/b4-3-,6-5-,43-28-. The van der Waals surface area contributed by atoms with E-state index in [-0.39, 0.29) is 0 Å². The average molecular weight is 661 g/mol. The zero-order chi connectivity index (χ0) is 34.8. The number of rotatable bonds is 12. The smallest absolute Gasteiger partial charge is 0.131 e. The Morgan fingerprint density at radius 1 is 0.647 bits per heavy atom. The van der Waals surface area contributed by atoms with Crippen molar-refractivity contribution in [1.29, 1.82) is 0 Å². The molecule has 1 heterocycles. The van der Waals surface area contributed by atoms with Crippen molar-refractivity contribution in [3.8, 4) is 16.8 Å². The van der Waals surface area contributed by atoms with Crippen LogP contribution < -0.4 is 11.1 Å². The van der Waals surface area contributed by atoms with E-state index in [1.165, 1.54) is 10.8 Å². The van der Waals surface area contributed by atoms with Crippen LogP contribution in [-0.2, 0) is 0 Å². The Morgan fingerprint density at radius 3 is 2.02 bits per heavy atom. The van der Waals surface area contributed by atoms with Gasteiger partial charge in [-0.3, -0.25) is 0 Å². The van der Waals surface area contributed by atoms with Crippen molar-refractivity contribution in [1.82, 2.24) is 4.57 Å². The van der Waals surface area contributed by atoms with Gasteiger partial charge in [0, 0.05) is 44.5 Å². The fourth-order valence-corrected chi connectivity index (χ4v) is 6.44. The van der Waals surface area contributed by atoms with Gasteiger partial charge < -0.3 is 15.6 Å². The molecule has 1 aromatic heterocycles. The van der Waals surface area contributed by atoms with Crippen LogP contribution in [-0.4, -0.2) is 10.4 Å². The first-order valence-corrected chi connectivity index (χ1v) is 17.3. The highest BCUT2D eigenvalue weighted by atomic mass is 15.0. The minimum Gasteiger partial charge on any atom is -0.383 e. The molecule has 0 spiro atoms. The van der Waals surface area contributed by atoms with E-state index in [0.29, 0.717) is 5.84 Å².